The molecule has 1 aliphatic heterocycles. The van der Waals surface area contributed by atoms with E-state index in [9.17, 15) is 23.1 Å². The minimum Gasteiger partial charge on any atom is -0.508 e. The van der Waals surface area contributed by atoms with Crippen LogP contribution in [0, 0.1) is 5.92 Å². The van der Waals surface area contributed by atoms with Gasteiger partial charge in [0.25, 0.3) is 10.1 Å². The molecule has 1 saturated carbocycles. The Morgan fingerprint density at radius 3 is 2.42 bits per heavy atom. The molecule has 2 fully saturated rings. The first-order valence-electron chi connectivity index (χ1n) is 9.04. The Morgan fingerprint density at radius 2 is 1.74 bits per heavy atom. The van der Waals surface area contributed by atoms with Crippen LogP contribution in [0.4, 0.5) is 5.69 Å². The van der Waals surface area contributed by atoms with Gasteiger partial charge in [0.1, 0.15) is 15.7 Å². The average molecular weight is 476 g/mol. The van der Waals surface area contributed by atoms with E-state index in [2.05, 4.69) is 0 Å². The van der Waals surface area contributed by atoms with E-state index in [4.69, 9.17) is 21.2 Å². The van der Waals surface area contributed by atoms with E-state index < -0.39 is 21.7 Å². The molecular formula is C20H13NO7S3. The van der Waals surface area contributed by atoms with Crippen molar-refractivity contribution in [1.82, 2.24) is 0 Å². The summed E-state index contributed by atoms with van der Waals surface area (Å²) in [5.41, 5.74) is 0.439. The summed E-state index contributed by atoms with van der Waals surface area (Å²) in [5, 5.41) is 10.0. The summed E-state index contributed by atoms with van der Waals surface area (Å²) in [6.07, 6.45) is 0. The van der Waals surface area contributed by atoms with E-state index in [1.807, 2.05) is 0 Å². The first-order valence-corrected chi connectivity index (χ1v) is 11.8. The molecule has 0 radical (unpaired) electrons. The number of benzene rings is 2. The van der Waals surface area contributed by atoms with Gasteiger partial charge in [-0.25, -0.2) is 4.79 Å². The summed E-state index contributed by atoms with van der Waals surface area (Å²) in [4.78, 5) is 26.7. The highest BCUT2D eigenvalue weighted by atomic mass is 32.2. The lowest BCUT2D eigenvalue weighted by molar-refractivity contribution is -0.118. The van der Waals surface area contributed by atoms with Gasteiger partial charge >= 0.3 is 5.63 Å². The van der Waals surface area contributed by atoms with Crippen molar-refractivity contribution < 1.29 is 27.3 Å². The Hall–Kier alpha value is -2.73. The molecule has 1 saturated heterocycles. The maximum absolute atomic E-state index is 13.2. The maximum atomic E-state index is 13.2. The van der Waals surface area contributed by atoms with Gasteiger partial charge < -0.3 is 9.52 Å². The van der Waals surface area contributed by atoms with Gasteiger partial charge in [-0.3, -0.25) is 14.2 Å². The molecule has 31 heavy (non-hydrogen) atoms. The Morgan fingerprint density at radius 1 is 1.03 bits per heavy atom. The molecule has 2 aromatic carbocycles. The minimum absolute atomic E-state index is 0.0183. The van der Waals surface area contributed by atoms with E-state index in [-0.39, 0.29) is 33.3 Å². The van der Waals surface area contributed by atoms with Crippen molar-refractivity contribution in [3.8, 4) is 5.75 Å². The van der Waals surface area contributed by atoms with Crippen LogP contribution in [0.25, 0.3) is 11.0 Å². The van der Waals surface area contributed by atoms with Crippen LogP contribution in [0.3, 0.4) is 0 Å². The fourth-order valence-electron chi connectivity index (χ4n) is 3.85. The number of nitrogens with zero attached hydrogens (tertiary/aromatic N) is 1. The SMILES string of the molecule is O=C1C2C(SC(=S)N1c1ccc(S(=O)(=O)O)cc1)C2c1cc2ccc(O)cc2oc1=O. The fourth-order valence-corrected chi connectivity index (χ4v) is 6.20. The van der Waals surface area contributed by atoms with E-state index >= 15 is 0 Å². The highest BCUT2D eigenvalue weighted by Gasteiger charge is 2.62. The summed E-state index contributed by atoms with van der Waals surface area (Å²) < 4.78 is 37.2. The number of fused-ring (bicyclic) bond motifs is 2. The van der Waals surface area contributed by atoms with Crippen LogP contribution in [0.1, 0.15) is 11.5 Å². The third kappa shape index (κ3) is 3.33. The Kier molecular flexibility index (Phi) is 4.49. The number of carbonyl (C=O) groups is 1. The molecule has 11 heteroatoms. The van der Waals surface area contributed by atoms with Crippen molar-refractivity contribution in [3.63, 3.8) is 0 Å². The van der Waals surface area contributed by atoms with Crippen molar-refractivity contribution in [1.29, 1.82) is 0 Å². The van der Waals surface area contributed by atoms with E-state index in [0.717, 1.165) is 0 Å². The summed E-state index contributed by atoms with van der Waals surface area (Å²) in [6, 6.07) is 11.3. The fraction of sp³-hybridized carbons (Fsp3) is 0.150. The van der Waals surface area contributed by atoms with Crippen LogP contribution in [0.2, 0.25) is 0 Å². The van der Waals surface area contributed by atoms with Crippen LogP contribution >= 0.6 is 24.0 Å². The predicted molar refractivity (Wildman–Crippen MR) is 118 cm³/mol. The first kappa shape index (κ1) is 20.2. The van der Waals surface area contributed by atoms with Gasteiger partial charge in [-0.05, 0) is 42.5 Å². The number of aromatic hydroxyl groups is 1. The van der Waals surface area contributed by atoms with Gasteiger partial charge in [0, 0.05) is 28.2 Å². The summed E-state index contributed by atoms with van der Waals surface area (Å²) in [7, 11) is -4.35. The molecule has 3 unspecified atom stereocenters. The highest BCUT2D eigenvalue weighted by Crippen LogP contribution is 2.59. The molecule has 5 rings (SSSR count). The quantitative estimate of drug-likeness (QED) is 0.334. The molecule has 3 aromatic rings. The normalized spacial score (nSPS) is 23.1. The zero-order valence-corrected chi connectivity index (χ0v) is 17.9. The number of phenolic OH excluding ortho intramolecular Hbond substituents is 1. The number of hydrogen-bond acceptors (Lipinski definition) is 8. The molecule has 2 aliphatic rings. The Balaban J connectivity index is 1.47. The van der Waals surface area contributed by atoms with Crippen molar-refractivity contribution in [2.75, 3.05) is 4.90 Å². The number of rotatable bonds is 3. The number of amides is 1. The molecule has 1 aliphatic carbocycles. The van der Waals surface area contributed by atoms with Crippen LogP contribution in [0.15, 0.2) is 62.6 Å². The van der Waals surface area contributed by atoms with Gasteiger partial charge in [-0.1, -0.05) is 24.0 Å². The first-order chi connectivity index (χ1) is 14.6. The van der Waals surface area contributed by atoms with Crippen molar-refractivity contribution in [2.24, 2.45) is 5.92 Å². The predicted octanol–water partition coefficient (Wildman–Crippen LogP) is 2.89. The van der Waals surface area contributed by atoms with E-state index in [0.29, 0.717) is 21.0 Å². The second-order valence-electron chi connectivity index (χ2n) is 7.25. The largest absolute Gasteiger partial charge is 0.508 e. The molecular weight excluding hydrogens is 462 g/mol. The van der Waals surface area contributed by atoms with Gasteiger partial charge in [0.2, 0.25) is 5.91 Å². The molecule has 3 atom stereocenters. The van der Waals surface area contributed by atoms with Crippen molar-refractivity contribution in [3.05, 3.63) is 64.5 Å². The lowest BCUT2D eigenvalue weighted by atomic mass is 10.1. The van der Waals surface area contributed by atoms with Crippen LogP contribution in [-0.4, -0.2) is 33.6 Å². The van der Waals surface area contributed by atoms with Crippen LogP contribution in [0.5, 0.6) is 5.75 Å². The lowest BCUT2D eigenvalue weighted by Crippen LogP contribution is -2.39. The van der Waals surface area contributed by atoms with Crippen molar-refractivity contribution in [2.45, 2.75) is 16.1 Å². The van der Waals surface area contributed by atoms with Gasteiger partial charge in [0.05, 0.1) is 16.5 Å². The second kappa shape index (κ2) is 6.89. The number of thioether (sulfide) groups is 1. The number of hydrogen-bond donors (Lipinski definition) is 2. The topological polar surface area (TPSA) is 125 Å². The van der Waals surface area contributed by atoms with Crippen LogP contribution in [-0.2, 0) is 14.9 Å². The number of anilines is 1. The smallest absolute Gasteiger partial charge is 0.339 e. The number of thiocarbonyl (C=S) groups is 1. The third-order valence-electron chi connectivity index (χ3n) is 5.38. The number of carbonyl (C=O) groups excluding carboxylic acids is 1. The minimum atomic E-state index is -4.35. The molecule has 2 heterocycles. The molecule has 1 amide bonds. The van der Waals surface area contributed by atoms with Crippen molar-refractivity contribution >= 4 is 61.0 Å². The average Bonchev–Trinajstić information content (AvgIpc) is 3.41. The number of phenols is 1. The Labute approximate surface area is 185 Å². The summed E-state index contributed by atoms with van der Waals surface area (Å²) in [6.45, 7) is 0. The molecule has 158 valence electrons. The molecule has 8 nitrogen and oxygen atoms in total. The lowest BCUT2D eigenvalue weighted by Gasteiger charge is -2.26. The molecule has 2 N–H and O–H groups in total. The Bertz CT molecular complexity index is 1430. The third-order valence-corrected chi connectivity index (χ3v) is 7.96. The van der Waals surface area contributed by atoms with Crippen LogP contribution < -0.4 is 10.5 Å². The molecule has 0 spiro atoms. The molecule has 1 aromatic heterocycles. The monoisotopic (exact) mass is 475 g/mol. The van der Waals surface area contributed by atoms with Gasteiger partial charge in [-0.2, -0.15) is 8.42 Å². The van der Waals surface area contributed by atoms with E-state index in [1.54, 1.807) is 12.1 Å². The van der Waals surface area contributed by atoms with Gasteiger partial charge in [-0.15, -0.1) is 0 Å². The van der Waals surface area contributed by atoms with E-state index in [1.165, 1.54) is 53.1 Å². The maximum Gasteiger partial charge on any atom is 0.339 e. The summed E-state index contributed by atoms with van der Waals surface area (Å²) >= 11 is 6.69. The zero-order chi connectivity index (χ0) is 22.1. The second-order valence-corrected chi connectivity index (χ2v) is 10.5. The zero-order valence-electron chi connectivity index (χ0n) is 15.5. The standard InChI is InChI=1S/C20H13NO7S3/c22-11-4-1-9-7-13(19(24)28-14(9)8-11)15-16-17(15)30-20(29)21(18(16)23)10-2-5-12(6-3-10)31(25,26)27/h1-8,15-17,22H,(H,25,26,27). The molecule has 0 bridgehead atoms. The van der Waals surface area contributed by atoms with Gasteiger partial charge in [0.15, 0.2) is 0 Å². The summed E-state index contributed by atoms with van der Waals surface area (Å²) in [5.74, 6) is -1.15. The highest BCUT2D eigenvalue weighted by molar-refractivity contribution is 8.24.